The van der Waals surface area contributed by atoms with E-state index in [1.54, 1.807) is 12.1 Å². The number of thiophene rings is 1. The maximum Gasteiger partial charge on any atom is 0.404 e. The molecule has 2 aliphatic rings. The van der Waals surface area contributed by atoms with Crippen molar-refractivity contribution in [3.05, 3.63) is 76.3 Å². The summed E-state index contributed by atoms with van der Waals surface area (Å²) in [5.74, 6) is -1.58. The summed E-state index contributed by atoms with van der Waals surface area (Å²) in [4.78, 5) is 5.13. The van der Waals surface area contributed by atoms with Gasteiger partial charge in [0.1, 0.15) is 41.4 Å². The van der Waals surface area contributed by atoms with Gasteiger partial charge in [-0.25, -0.2) is 13.8 Å². The highest BCUT2D eigenvalue weighted by atomic mass is 32.1. The van der Waals surface area contributed by atoms with Crippen molar-refractivity contribution in [2.75, 3.05) is 26.9 Å². The van der Waals surface area contributed by atoms with Crippen molar-refractivity contribution >= 4 is 21.4 Å². The van der Waals surface area contributed by atoms with Crippen molar-refractivity contribution in [2.24, 2.45) is 0 Å². The van der Waals surface area contributed by atoms with Gasteiger partial charge in [0.15, 0.2) is 0 Å². The van der Waals surface area contributed by atoms with Crippen LogP contribution in [0.4, 0.5) is 22.0 Å². The third kappa shape index (κ3) is 5.55. The number of hydrogen-bond donors (Lipinski definition) is 2. The topological polar surface area (TPSA) is 73.2 Å². The van der Waals surface area contributed by atoms with Crippen LogP contribution in [0.15, 0.2) is 47.8 Å². The predicted molar refractivity (Wildman–Crippen MR) is 166 cm³/mol. The van der Waals surface area contributed by atoms with Gasteiger partial charge in [-0.05, 0) is 48.1 Å². The number of fused-ring (bicyclic) bond motifs is 3. The Hall–Kier alpha value is -3.91. The Morgan fingerprint density at radius 1 is 1.00 bits per heavy atom. The molecule has 240 valence electrons. The maximum absolute atomic E-state index is 16.0. The molecule has 2 aliphatic heterocycles. The standard InChI is InChI=1S/C33H30F5N5O2S/c1-17-25-15-24(42-43(25)7-6-39-17)31-29(28-23(35)13-21(34)14-26(28)45-9-8-44-2)32-22(5-10-46-32)30(41-31)19-4-3-18-12-27(33(36,37)38)40-16-20(18)11-19/h3-5,10-11,13-15,17,27,39-40H,6-9,12,16H2,1-2H3. The molecule has 0 aliphatic carbocycles. The zero-order valence-electron chi connectivity index (χ0n) is 25.0. The third-order valence-electron chi connectivity index (χ3n) is 8.53. The number of nitrogens with zero attached hydrogens (tertiary/aromatic N) is 3. The lowest BCUT2D eigenvalue weighted by atomic mass is 9.91. The molecule has 0 radical (unpaired) electrons. The molecule has 0 saturated heterocycles. The van der Waals surface area contributed by atoms with Crippen molar-refractivity contribution in [3.8, 4) is 39.5 Å². The number of ether oxygens (including phenoxy) is 2. The number of halogens is 5. The van der Waals surface area contributed by atoms with E-state index in [0.29, 0.717) is 50.4 Å². The minimum Gasteiger partial charge on any atom is -0.490 e. The first kappa shape index (κ1) is 30.7. The molecular weight excluding hydrogens is 625 g/mol. The van der Waals surface area contributed by atoms with Gasteiger partial charge in [-0.2, -0.15) is 18.3 Å². The van der Waals surface area contributed by atoms with Crippen molar-refractivity contribution in [2.45, 2.75) is 44.7 Å². The van der Waals surface area contributed by atoms with Gasteiger partial charge < -0.3 is 20.1 Å². The number of benzene rings is 2. The summed E-state index contributed by atoms with van der Waals surface area (Å²) >= 11 is 1.38. The summed E-state index contributed by atoms with van der Waals surface area (Å²) in [6.07, 6.45) is -4.50. The van der Waals surface area contributed by atoms with E-state index in [2.05, 4.69) is 10.6 Å². The molecular formula is C33H30F5N5O2S. The van der Waals surface area contributed by atoms with Gasteiger partial charge in [0.25, 0.3) is 0 Å². The Bertz CT molecular complexity index is 1940. The van der Waals surface area contributed by atoms with E-state index < -0.39 is 23.9 Å². The first-order chi connectivity index (χ1) is 22.1. The molecule has 7 rings (SSSR count). The summed E-state index contributed by atoms with van der Waals surface area (Å²) in [6.45, 7) is 3.74. The van der Waals surface area contributed by atoms with Crippen LogP contribution in [0.25, 0.3) is 43.9 Å². The smallest absolute Gasteiger partial charge is 0.404 e. The van der Waals surface area contributed by atoms with Gasteiger partial charge in [0, 0.05) is 59.6 Å². The van der Waals surface area contributed by atoms with Gasteiger partial charge in [0.05, 0.1) is 30.1 Å². The van der Waals surface area contributed by atoms with Crippen LogP contribution in [0.1, 0.15) is 29.8 Å². The fourth-order valence-corrected chi connectivity index (χ4v) is 7.21. The molecule has 0 amide bonds. The van der Waals surface area contributed by atoms with E-state index in [9.17, 15) is 17.6 Å². The quantitative estimate of drug-likeness (QED) is 0.145. The lowest BCUT2D eigenvalue weighted by molar-refractivity contribution is -0.157. The second-order valence-corrected chi connectivity index (χ2v) is 12.4. The Labute approximate surface area is 265 Å². The predicted octanol–water partition coefficient (Wildman–Crippen LogP) is 7.04. The van der Waals surface area contributed by atoms with E-state index in [0.717, 1.165) is 29.9 Å². The second kappa shape index (κ2) is 12.0. The third-order valence-corrected chi connectivity index (χ3v) is 9.46. The number of hydrogen-bond acceptors (Lipinski definition) is 7. The fraction of sp³-hybridized carbons (Fsp3) is 0.333. The largest absolute Gasteiger partial charge is 0.490 e. The summed E-state index contributed by atoms with van der Waals surface area (Å²) in [6, 6.07) is 9.56. The van der Waals surface area contributed by atoms with Crippen LogP contribution in [-0.2, 0) is 24.2 Å². The molecule has 0 bridgehead atoms. The first-order valence-corrected chi connectivity index (χ1v) is 15.8. The number of nitrogens with one attached hydrogen (secondary N) is 2. The van der Waals surface area contributed by atoms with Crippen LogP contribution < -0.4 is 15.4 Å². The molecule has 2 unspecified atom stereocenters. The summed E-state index contributed by atoms with van der Waals surface area (Å²) in [7, 11) is 1.51. The average Bonchev–Trinajstić information content (AvgIpc) is 3.68. The molecule has 0 saturated carbocycles. The van der Waals surface area contributed by atoms with E-state index in [1.165, 1.54) is 18.4 Å². The molecule has 46 heavy (non-hydrogen) atoms. The van der Waals surface area contributed by atoms with Gasteiger partial charge in [-0.15, -0.1) is 11.3 Å². The molecule has 0 spiro atoms. The van der Waals surface area contributed by atoms with Gasteiger partial charge in [0.2, 0.25) is 0 Å². The number of pyridine rings is 1. The number of rotatable bonds is 7. The van der Waals surface area contributed by atoms with Crippen LogP contribution in [0, 0.1) is 11.6 Å². The highest BCUT2D eigenvalue weighted by Gasteiger charge is 2.41. The Morgan fingerprint density at radius 2 is 1.85 bits per heavy atom. The highest BCUT2D eigenvalue weighted by Crippen LogP contribution is 2.47. The molecule has 2 aromatic carbocycles. The molecule has 2 atom stereocenters. The number of aromatic nitrogens is 3. The molecule has 5 heterocycles. The zero-order valence-corrected chi connectivity index (χ0v) is 25.8. The summed E-state index contributed by atoms with van der Waals surface area (Å²) in [5.41, 5.74) is 4.98. The molecule has 2 N–H and O–H groups in total. The van der Waals surface area contributed by atoms with Crippen molar-refractivity contribution in [1.29, 1.82) is 0 Å². The van der Waals surface area contributed by atoms with Crippen LogP contribution in [-0.4, -0.2) is 53.9 Å². The minimum atomic E-state index is -4.34. The molecule has 5 aromatic rings. The summed E-state index contributed by atoms with van der Waals surface area (Å²) < 4.78 is 84.4. The van der Waals surface area contributed by atoms with Crippen molar-refractivity contribution in [3.63, 3.8) is 0 Å². The number of methoxy groups -OCH3 is 1. The molecule has 7 nitrogen and oxygen atoms in total. The average molecular weight is 656 g/mol. The van der Waals surface area contributed by atoms with E-state index in [4.69, 9.17) is 19.6 Å². The van der Waals surface area contributed by atoms with Crippen LogP contribution in [0.3, 0.4) is 0 Å². The molecule has 13 heteroatoms. The highest BCUT2D eigenvalue weighted by molar-refractivity contribution is 7.18. The lowest BCUT2D eigenvalue weighted by Gasteiger charge is -2.28. The number of alkyl halides is 3. The SMILES string of the molecule is COCCOc1cc(F)cc(F)c1-c1c(-c2cc3n(n2)CCNC3C)nc(-c2ccc3c(c2)CNC(C(F)(F)F)C3)c2ccsc12. The van der Waals surface area contributed by atoms with Gasteiger partial charge >= 0.3 is 6.18 Å². The van der Waals surface area contributed by atoms with Crippen LogP contribution in [0.2, 0.25) is 0 Å². The van der Waals surface area contributed by atoms with E-state index in [1.807, 2.05) is 35.2 Å². The Balaban J connectivity index is 1.45. The first-order valence-electron chi connectivity index (χ1n) is 14.9. The molecule has 3 aromatic heterocycles. The van der Waals surface area contributed by atoms with Crippen molar-refractivity contribution < 1.29 is 31.4 Å². The normalized spacial score (nSPS) is 18.1. The lowest BCUT2D eigenvalue weighted by Crippen LogP contribution is -2.46. The summed E-state index contributed by atoms with van der Waals surface area (Å²) in [5, 5.41) is 13.5. The van der Waals surface area contributed by atoms with Gasteiger partial charge in [-0.1, -0.05) is 12.1 Å². The fourth-order valence-electron chi connectivity index (χ4n) is 6.26. The van der Waals surface area contributed by atoms with E-state index >= 15 is 4.39 Å². The molecule has 0 fully saturated rings. The van der Waals surface area contributed by atoms with Gasteiger partial charge in [-0.3, -0.25) is 4.68 Å². The van der Waals surface area contributed by atoms with Crippen molar-refractivity contribution in [1.82, 2.24) is 25.4 Å². The van der Waals surface area contributed by atoms with E-state index in [-0.39, 0.29) is 43.5 Å². The van der Waals surface area contributed by atoms with Crippen LogP contribution >= 0.6 is 11.3 Å². The maximum atomic E-state index is 16.0. The minimum absolute atomic E-state index is 0.0122. The van der Waals surface area contributed by atoms with Crippen LogP contribution in [0.5, 0.6) is 5.75 Å². The second-order valence-electron chi connectivity index (χ2n) is 11.5. The zero-order chi connectivity index (χ0) is 32.2. The Morgan fingerprint density at radius 3 is 2.63 bits per heavy atom. The monoisotopic (exact) mass is 655 g/mol. The Kier molecular flexibility index (Phi) is 8.04.